The summed E-state index contributed by atoms with van der Waals surface area (Å²) in [5, 5.41) is 0. The summed E-state index contributed by atoms with van der Waals surface area (Å²) < 4.78 is 18.7. The number of ether oxygens (including phenoxy) is 1. The third-order valence-electron chi connectivity index (χ3n) is 6.03. The maximum absolute atomic E-state index is 13.7. The predicted molar refractivity (Wildman–Crippen MR) is 85.8 cm³/mol. The summed E-state index contributed by atoms with van der Waals surface area (Å²) in [7, 11) is 1.46. The van der Waals surface area contributed by atoms with Crippen molar-refractivity contribution in [2.75, 3.05) is 13.7 Å². The maximum Gasteiger partial charge on any atom is 0.223 e. The first-order valence-electron chi connectivity index (χ1n) is 8.75. The number of likely N-dealkylation sites (tertiary alicyclic amines) is 1. The summed E-state index contributed by atoms with van der Waals surface area (Å²) in [5.74, 6) is 0.899. The molecule has 1 spiro atoms. The molecule has 1 aromatic rings. The van der Waals surface area contributed by atoms with Gasteiger partial charge in [0.25, 0.3) is 0 Å². The van der Waals surface area contributed by atoms with Gasteiger partial charge in [-0.25, -0.2) is 4.39 Å². The minimum atomic E-state index is -0.356. The van der Waals surface area contributed by atoms with E-state index in [0.717, 1.165) is 18.0 Å². The molecular weight excluding hydrogens is 293 g/mol. The van der Waals surface area contributed by atoms with Crippen LogP contribution in [0.1, 0.15) is 44.1 Å². The van der Waals surface area contributed by atoms with E-state index in [9.17, 15) is 9.18 Å². The third kappa shape index (κ3) is 2.52. The monoisotopic (exact) mass is 317 g/mol. The fraction of sp³-hybridized carbons (Fsp3) is 0.632. The number of aryl methyl sites for hydroxylation is 1. The molecule has 1 amide bonds. The van der Waals surface area contributed by atoms with Crippen molar-refractivity contribution in [3.63, 3.8) is 0 Å². The van der Waals surface area contributed by atoms with Gasteiger partial charge in [0.1, 0.15) is 0 Å². The quantitative estimate of drug-likeness (QED) is 0.831. The van der Waals surface area contributed by atoms with Crippen molar-refractivity contribution in [1.82, 2.24) is 4.90 Å². The van der Waals surface area contributed by atoms with Gasteiger partial charge in [0.2, 0.25) is 5.91 Å². The van der Waals surface area contributed by atoms with Crippen LogP contribution >= 0.6 is 0 Å². The van der Waals surface area contributed by atoms with Crippen LogP contribution < -0.4 is 4.74 Å². The zero-order valence-corrected chi connectivity index (χ0v) is 13.7. The molecule has 1 atom stereocenters. The minimum Gasteiger partial charge on any atom is -0.494 e. The molecule has 2 aliphatic carbocycles. The lowest BCUT2D eigenvalue weighted by molar-refractivity contribution is -0.171. The smallest absolute Gasteiger partial charge is 0.223 e. The average Bonchev–Trinajstić information content (AvgIpc) is 3.27. The number of benzene rings is 1. The van der Waals surface area contributed by atoms with Gasteiger partial charge < -0.3 is 9.64 Å². The van der Waals surface area contributed by atoms with E-state index in [2.05, 4.69) is 4.90 Å². The summed E-state index contributed by atoms with van der Waals surface area (Å²) in [4.78, 5) is 14.7. The predicted octanol–water partition coefficient (Wildman–Crippen LogP) is 3.56. The second-order valence-electron chi connectivity index (χ2n) is 7.49. The lowest BCUT2D eigenvalue weighted by Crippen LogP contribution is -2.69. The molecule has 1 saturated heterocycles. The fourth-order valence-corrected chi connectivity index (χ4v) is 4.50. The van der Waals surface area contributed by atoms with E-state index in [0.29, 0.717) is 24.3 Å². The summed E-state index contributed by atoms with van der Waals surface area (Å²) in [6.07, 6.45) is 7.60. The van der Waals surface area contributed by atoms with Gasteiger partial charge in [-0.3, -0.25) is 4.79 Å². The van der Waals surface area contributed by atoms with Gasteiger partial charge >= 0.3 is 0 Å². The van der Waals surface area contributed by atoms with Crippen molar-refractivity contribution in [2.24, 2.45) is 11.3 Å². The molecule has 2 saturated carbocycles. The summed E-state index contributed by atoms with van der Waals surface area (Å²) in [6, 6.07) is 5.47. The molecule has 3 fully saturated rings. The van der Waals surface area contributed by atoms with E-state index in [1.807, 2.05) is 6.07 Å². The maximum atomic E-state index is 13.7. The lowest BCUT2D eigenvalue weighted by Gasteiger charge is -2.63. The van der Waals surface area contributed by atoms with Crippen LogP contribution in [0.5, 0.6) is 5.75 Å². The van der Waals surface area contributed by atoms with Gasteiger partial charge in [-0.05, 0) is 55.7 Å². The number of rotatable bonds is 5. The second kappa shape index (κ2) is 5.50. The van der Waals surface area contributed by atoms with E-state index < -0.39 is 0 Å². The lowest BCUT2D eigenvalue weighted by atomic mass is 9.56. The number of hydrogen-bond acceptors (Lipinski definition) is 2. The molecule has 4 rings (SSSR count). The minimum absolute atomic E-state index is 0.246. The van der Waals surface area contributed by atoms with Crippen molar-refractivity contribution in [2.45, 2.75) is 51.0 Å². The number of carbonyl (C=O) groups is 1. The highest BCUT2D eigenvalue weighted by atomic mass is 19.1. The summed E-state index contributed by atoms with van der Waals surface area (Å²) >= 11 is 0. The second-order valence-corrected chi connectivity index (χ2v) is 7.49. The van der Waals surface area contributed by atoms with Crippen molar-refractivity contribution in [1.29, 1.82) is 0 Å². The largest absolute Gasteiger partial charge is 0.494 e. The van der Waals surface area contributed by atoms with Gasteiger partial charge in [-0.15, -0.1) is 0 Å². The molecule has 3 nitrogen and oxygen atoms in total. The van der Waals surface area contributed by atoms with E-state index in [-0.39, 0.29) is 17.5 Å². The van der Waals surface area contributed by atoms with E-state index >= 15 is 0 Å². The first-order valence-corrected chi connectivity index (χ1v) is 8.75. The van der Waals surface area contributed by atoms with E-state index in [1.54, 1.807) is 6.07 Å². The topological polar surface area (TPSA) is 29.5 Å². The Hall–Kier alpha value is -1.58. The SMILES string of the molecule is COc1ccc(CCC(=O)N2CC3(CCC3)C2C2CC2)cc1F. The van der Waals surface area contributed by atoms with Crippen LogP contribution in [0.15, 0.2) is 18.2 Å². The van der Waals surface area contributed by atoms with Crippen LogP contribution in [0.25, 0.3) is 0 Å². The highest BCUT2D eigenvalue weighted by Gasteiger charge is 2.61. The summed E-state index contributed by atoms with van der Waals surface area (Å²) in [6.45, 7) is 0.962. The number of carbonyl (C=O) groups excluding carboxylic acids is 1. The first-order chi connectivity index (χ1) is 11.1. The van der Waals surface area contributed by atoms with Gasteiger partial charge in [0.05, 0.1) is 7.11 Å². The number of hydrogen-bond donors (Lipinski definition) is 0. The Morgan fingerprint density at radius 2 is 2.17 bits per heavy atom. The van der Waals surface area contributed by atoms with Crippen molar-refractivity contribution in [3.8, 4) is 5.75 Å². The Morgan fingerprint density at radius 3 is 2.74 bits per heavy atom. The molecule has 0 bridgehead atoms. The zero-order chi connectivity index (χ0) is 16.0. The number of amides is 1. The molecule has 3 aliphatic rings. The Bertz CT molecular complexity index is 622. The summed E-state index contributed by atoms with van der Waals surface area (Å²) in [5.41, 5.74) is 1.33. The molecule has 1 aromatic carbocycles. The molecule has 0 N–H and O–H groups in total. The van der Waals surface area contributed by atoms with E-state index in [4.69, 9.17) is 4.74 Å². The van der Waals surface area contributed by atoms with Gasteiger partial charge in [0.15, 0.2) is 11.6 Å². The van der Waals surface area contributed by atoms with Gasteiger partial charge in [0, 0.05) is 24.4 Å². The van der Waals surface area contributed by atoms with Gasteiger partial charge in [-0.2, -0.15) is 0 Å². The van der Waals surface area contributed by atoms with Crippen LogP contribution in [-0.4, -0.2) is 30.5 Å². The Balaban J connectivity index is 1.36. The molecule has 1 aliphatic heterocycles. The molecule has 4 heteroatoms. The van der Waals surface area contributed by atoms with Crippen LogP contribution in [0.3, 0.4) is 0 Å². The first kappa shape index (κ1) is 15.0. The van der Waals surface area contributed by atoms with Crippen molar-refractivity contribution >= 4 is 5.91 Å². The molecular formula is C19H24FNO2. The van der Waals surface area contributed by atoms with Crippen molar-refractivity contribution in [3.05, 3.63) is 29.6 Å². The molecule has 0 aromatic heterocycles. The molecule has 0 radical (unpaired) electrons. The van der Waals surface area contributed by atoms with Gasteiger partial charge in [-0.1, -0.05) is 12.5 Å². The third-order valence-corrected chi connectivity index (χ3v) is 6.03. The van der Waals surface area contributed by atoms with Crippen molar-refractivity contribution < 1.29 is 13.9 Å². The number of methoxy groups -OCH3 is 1. The zero-order valence-electron chi connectivity index (χ0n) is 13.7. The van der Waals surface area contributed by atoms with Crippen LogP contribution in [-0.2, 0) is 11.2 Å². The standard InChI is InChI=1S/C19H24FNO2/c1-23-16-7-3-13(11-15(16)20)4-8-17(22)21-12-19(9-2-10-19)18(21)14-5-6-14/h3,7,11,14,18H,2,4-6,8-10,12H2,1H3. The number of nitrogens with zero attached hydrogens (tertiary/aromatic N) is 1. The Labute approximate surface area is 136 Å². The fourth-order valence-electron chi connectivity index (χ4n) is 4.50. The normalized spacial score (nSPS) is 25.0. The van der Waals surface area contributed by atoms with E-state index in [1.165, 1.54) is 45.3 Å². The van der Waals surface area contributed by atoms with Crippen LogP contribution in [0, 0.1) is 17.2 Å². The molecule has 1 unspecified atom stereocenters. The van der Waals surface area contributed by atoms with Crippen LogP contribution in [0.2, 0.25) is 0 Å². The highest BCUT2D eigenvalue weighted by molar-refractivity contribution is 5.78. The Kier molecular flexibility index (Phi) is 3.58. The highest BCUT2D eigenvalue weighted by Crippen LogP contribution is 2.59. The number of halogens is 1. The van der Waals surface area contributed by atoms with Crippen LogP contribution in [0.4, 0.5) is 4.39 Å². The average molecular weight is 317 g/mol. The molecule has 23 heavy (non-hydrogen) atoms. The molecule has 124 valence electrons. The molecule has 1 heterocycles. The Morgan fingerprint density at radius 1 is 1.39 bits per heavy atom.